The fourth-order valence-corrected chi connectivity index (χ4v) is 2.98. The second-order valence-corrected chi connectivity index (χ2v) is 7.68. The third-order valence-electron chi connectivity index (χ3n) is 4.69. The predicted octanol–water partition coefficient (Wildman–Crippen LogP) is 5.43. The van der Waals surface area contributed by atoms with E-state index in [9.17, 15) is 22.8 Å². The van der Waals surface area contributed by atoms with E-state index in [-0.39, 0.29) is 35.2 Å². The van der Waals surface area contributed by atoms with Gasteiger partial charge in [0.1, 0.15) is 0 Å². The molecule has 0 aliphatic carbocycles. The summed E-state index contributed by atoms with van der Waals surface area (Å²) >= 11 is 0. The summed E-state index contributed by atoms with van der Waals surface area (Å²) < 4.78 is 43.9. The maximum Gasteiger partial charge on any atom is 0.416 e. The lowest BCUT2D eigenvalue weighted by molar-refractivity contribution is -0.137. The van der Waals surface area contributed by atoms with Crippen molar-refractivity contribution in [3.05, 3.63) is 71.4 Å². The van der Waals surface area contributed by atoms with E-state index in [0.29, 0.717) is 24.6 Å². The number of aromatic nitrogens is 2. The van der Waals surface area contributed by atoms with E-state index in [0.717, 1.165) is 12.1 Å². The highest BCUT2D eigenvalue weighted by Crippen LogP contribution is 2.31. The van der Waals surface area contributed by atoms with Gasteiger partial charge in [0.25, 0.3) is 5.91 Å². The monoisotopic (exact) mass is 460 g/mol. The Morgan fingerprint density at radius 3 is 2.52 bits per heavy atom. The van der Waals surface area contributed by atoms with Gasteiger partial charge >= 0.3 is 6.18 Å². The lowest BCUT2D eigenvalue weighted by atomic mass is 10.1. The largest absolute Gasteiger partial charge is 0.416 e. The molecule has 0 saturated carbocycles. The molecular formula is C23H23F3N4O3. The molecule has 2 N–H and O–H groups in total. The molecule has 0 aliphatic rings. The Bertz CT molecular complexity index is 1130. The van der Waals surface area contributed by atoms with Crippen LogP contribution in [0.2, 0.25) is 0 Å². The van der Waals surface area contributed by atoms with E-state index in [2.05, 4.69) is 20.8 Å². The summed E-state index contributed by atoms with van der Waals surface area (Å²) in [6.45, 7) is 3.89. The maximum absolute atomic E-state index is 12.9. The number of halogens is 3. The fourth-order valence-electron chi connectivity index (χ4n) is 2.98. The zero-order chi connectivity index (χ0) is 24.0. The van der Waals surface area contributed by atoms with Crippen molar-refractivity contribution in [3.63, 3.8) is 0 Å². The van der Waals surface area contributed by atoms with Crippen molar-refractivity contribution in [3.8, 4) is 0 Å². The molecule has 174 valence electrons. The molecule has 7 nitrogen and oxygen atoms in total. The quantitative estimate of drug-likeness (QED) is 0.468. The van der Waals surface area contributed by atoms with Crippen LogP contribution in [0.15, 0.2) is 53.1 Å². The van der Waals surface area contributed by atoms with E-state index in [1.807, 2.05) is 13.8 Å². The van der Waals surface area contributed by atoms with Crippen LogP contribution in [0.1, 0.15) is 60.2 Å². The average Bonchev–Trinajstić information content (AvgIpc) is 3.23. The number of hydrogen-bond donors (Lipinski definition) is 2. The van der Waals surface area contributed by atoms with Gasteiger partial charge in [0, 0.05) is 24.4 Å². The molecule has 0 unspecified atom stereocenters. The molecule has 0 saturated heterocycles. The van der Waals surface area contributed by atoms with E-state index < -0.39 is 17.6 Å². The van der Waals surface area contributed by atoms with Crippen molar-refractivity contribution in [2.24, 2.45) is 0 Å². The first-order valence-corrected chi connectivity index (χ1v) is 10.3. The number of para-hydroxylation sites is 1. The molecule has 3 rings (SSSR count). The molecule has 0 radical (unpaired) electrons. The van der Waals surface area contributed by atoms with Crippen LogP contribution in [0.5, 0.6) is 0 Å². The zero-order valence-corrected chi connectivity index (χ0v) is 18.1. The Kier molecular flexibility index (Phi) is 7.47. The molecule has 3 aromatic rings. The van der Waals surface area contributed by atoms with Crippen molar-refractivity contribution in [1.82, 2.24) is 10.1 Å². The summed E-state index contributed by atoms with van der Waals surface area (Å²) in [4.78, 5) is 29.3. The van der Waals surface area contributed by atoms with Gasteiger partial charge in [-0.1, -0.05) is 37.2 Å². The second kappa shape index (κ2) is 10.3. The third kappa shape index (κ3) is 6.64. The molecule has 33 heavy (non-hydrogen) atoms. The molecule has 1 heterocycles. The molecule has 0 aliphatic heterocycles. The molecule has 2 amide bonds. The van der Waals surface area contributed by atoms with Gasteiger partial charge in [0.05, 0.1) is 16.8 Å². The summed E-state index contributed by atoms with van der Waals surface area (Å²) in [5.74, 6) is 0.238. The Morgan fingerprint density at radius 2 is 1.82 bits per heavy atom. The summed E-state index contributed by atoms with van der Waals surface area (Å²) in [6, 6.07) is 10.6. The first-order valence-electron chi connectivity index (χ1n) is 10.3. The van der Waals surface area contributed by atoms with Crippen LogP contribution >= 0.6 is 0 Å². The predicted molar refractivity (Wildman–Crippen MR) is 116 cm³/mol. The summed E-state index contributed by atoms with van der Waals surface area (Å²) in [5.41, 5.74) is -0.492. The highest BCUT2D eigenvalue weighted by Gasteiger charge is 2.30. The first-order chi connectivity index (χ1) is 15.6. The SMILES string of the molecule is CC(C)c1noc(CCCC(=O)Nc2ccccc2C(=O)Nc2cccc(C(F)(F)F)c2)n1. The van der Waals surface area contributed by atoms with Crippen LogP contribution in [-0.2, 0) is 17.4 Å². The van der Waals surface area contributed by atoms with Crippen LogP contribution in [0.4, 0.5) is 24.5 Å². The van der Waals surface area contributed by atoms with E-state index in [4.69, 9.17) is 4.52 Å². The molecule has 0 fully saturated rings. The van der Waals surface area contributed by atoms with Crippen LogP contribution in [-0.4, -0.2) is 22.0 Å². The minimum absolute atomic E-state index is 0.00345. The number of carbonyl (C=O) groups excluding carboxylic acids is 2. The van der Waals surface area contributed by atoms with Crippen LogP contribution in [0, 0.1) is 0 Å². The highest BCUT2D eigenvalue weighted by molar-refractivity contribution is 6.10. The van der Waals surface area contributed by atoms with E-state index in [1.165, 1.54) is 18.2 Å². The van der Waals surface area contributed by atoms with E-state index in [1.54, 1.807) is 18.2 Å². The van der Waals surface area contributed by atoms with Gasteiger partial charge in [-0.15, -0.1) is 0 Å². The Balaban J connectivity index is 1.60. The van der Waals surface area contributed by atoms with Crippen LogP contribution in [0.25, 0.3) is 0 Å². The van der Waals surface area contributed by atoms with E-state index >= 15 is 0 Å². The number of rotatable bonds is 8. The molecule has 1 aromatic heterocycles. The highest BCUT2D eigenvalue weighted by atomic mass is 19.4. The number of amides is 2. The number of aryl methyl sites for hydroxylation is 1. The second-order valence-electron chi connectivity index (χ2n) is 7.68. The van der Waals surface area contributed by atoms with Crippen LogP contribution < -0.4 is 10.6 Å². The standard InChI is InChI=1S/C23H23F3N4O3/c1-14(2)21-29-20(33-30-21)12-6-11-19(31)28-18-10-4-3-9-17(18)22(32)27-16-8-5-7-15(13-16)23(24,25)26/h3-5,7-10,13-14H,6,11-12H2,1-2H3,(H,27,32)(H,28,31). The number of nitrogens with one attached hydrogen (secondary N) is 2. The minimum atomic E-state index is -4.52. The van der Waals surface area contributed by atoms with Gasteiger partial charge in [-0.3, -0.25) is 9.59 Å². The van der Waals surface area contributed by atoms with Crippen molar-refractivity contribution in [1.29, 1.82) is 0 Å². The first kappa shape index (κ1) is 24.0. The summed E-state index contributed by atoms with van der Waals surface area (Å²) in [7, 11) is 0. The minimum Gasteiger partial charge on any atom is -0.339 e. The Hall–Kier alpha value is -3.69. The van der Waals surface area contributed by atoms with Gasteiger partial charge in [0.2, 0.25) is 11.8 Å². The smallest absolute Gasteiger partial charge is 0.339 e. The molecular weight excluding hydrogens is 437 g/mol. The number of nitrogens with zero attached hydrogens (tertiary/aromatic N) is 2. The molecule has 0 atom stereocenters. The zero-order valence-electron chi connectivity index (χ0n) is 18.1. The molecule has 0 bridgehead atoms. The van der Waals surface area contributed by atoms with Gasteiger partial charge in [-0.05, 0) is 36.8 Å². The van der Waals surface area contributed by atoms with Gasteiger partial charge in [-0.25, -0.2) is 0 Å². The van der Waals surface area contributed by atoms with Crippen molar-refractivity contribution in [2.75, 3.05) is 10.6 Å². The van der Waals surface area contributed by atoms with Gasteiger partial charge < -0.3 is 15.2 Å². The lowest BCUT2D eigenvalue weighted by Gasteiger charge is -2.13. The Labute approximate surface area is 188 Å². The average molecular weight is 460 g/mol. The maximum atomic E-state index is 12.9. The van der Waals surface area contributed by atoms with Crippen molar-refractivity contribution in [2.45, 2.75) is 45.2 Å². The number of benzene rings is 2. The van der Waals surface area contributed by atoms with Gasteiger partial charge in [0.15, 0.2) is 5.82 Å². The molecule has 0 spiro atoms. The normalized spacial score (nSPS) is 11.5. The summed E-state index contributed by atoms with van der Waals surface area (Å²) in [6.07, 6.45) is -3.47. The Morgan fingerprint density at radius 1 is 1.06 bits per heavy atom. The lowest BCUT2D eigenvalue weighted by Crippen LogP contribution is -2.18. The summed E-state index contributed by atoms with van der Waals surface area (Å²) in [5, 5.41) is 8.99. The third-order valence-corrected chi connectivity index (χ3v) is 4.69. The number of anilines is 2. The number of alkyl halides is 3. The molecule has 10 heteroatoms. The van der Waals surface area contributed by atoms with Crippen LogP contribution in [0.3, 0.4) is 0 Å². The fraction of sp³-hybridized carbons (Fsp3) is 0.304. The number of hydrogen-bond acceptors (Lipinski definition) is 5. The van der Waals surface area contributed by atoms with Crippen molar-refractivity contribution < 1.29 is 27.3 Å². The topological polar surface area (TPSA) is 97.1 Å². The van der Waals surface area contributed by atoms with Crippen molar-refractivity contribution >= 4 is 23.2 Å². The number of carbonyl (C=O) groups is 2. The molecule has 2 aromatic carbocycles. The van der Waals surface area contributed by atoms with Gasteiger partial charge in [-0.2, -0.15) is 18.2 Å².